The molecule has 0 aliphatic carbocycles. The average Bonchev–Trinajstić information content (AvgIpc) is 2.99. The number of carbonyl (C=O) groups excluding carboxylic acids is 1. The molecule has 5 heteroatoms. The number of nitrogens with zero attached hydrogens (tertiary/aromatic N) is 2. The van der Waals surface area contributed by atoms with Crippen molar-refractivity contribution in [2.24, 2.45) is 0 Å². The lowest BCUT2D eigenvalue weighted by atomic mass is 9.81. The Bertz CT molecular complexity index is 570. The third-order valence-electron chi connectivity index (χ3n) is 5.86. The van der Waals surface area contributed by atoms with Crippen LogP contribution in [0.3, 0.4) is 0 Å². The van der Waals surface area contributed by atoms with E-state index in [2.05, 4.69) is 46.4 Å². The van der Waals surface area contributed by atoms with Crippen LogP contribution in [0.25, 0.3) is 0 Å². The third-order valence-corrected chi connectivity index (χ3v) is 5.86. The molecule has 1 aromatic rings. The summed E-state index contributed by atoms with van der Waals surface area (Å²) in [6.45, 7) is 5.61. The summed E-state index contributed by atoms with van der Waals surface area (Å²) in [6, 6.07) is 10.00. The fraction of sp³-hybridized carbons (Fsp3) is 0.650. The molecule has 0 spiro atoms. The van der Waals surface area contributed by atoms with Crippen molar-refractivity contribution >= 4 is 5.91 Å². The SMILES string of the molecule is CCN1CCC(O)C1C(=O)NC1(Cc2ccccc2)CCN(C)CC1. The maximum absolute atomic E-state index is 13.0. The number of likely N-dealkylation sites (tertiary alicyclic amines) is 2. The molecule has 25 heavy (non-hydrogen) atoms. The lowest BCUT2D eigenvalue weighted by Gasteiger charge is -2.42. The molecule has 3 rings (SSSR count). The van der Waals surface area contributed by atoms with Gasteiger partial charge in [0, 0.05) is 25.2 Å². The van der Waals surface area contributed by atoms with Crippen LogP contribution in [0.4, 0.5) is 0 Å². The second-order valence-corrected chi connectivity index (χ2v) is 7.66. The second kappa shape index (κ2) is 7.85. The molecular weight excluding hydrogens is 314 g/mol. The summed E-state index contributed by atoms with van der Waals surface area (Å²) in [6.07, 6.45) is 2.86. The molecule has 2 saturated heterocycles. The number of nitrogens with one attached hydrogen (secondary N) is 1. The maximum atomic E-state index is 13.0. The number of likely N-dealkylation sites (N-methyl/N-ethyl adjacent to an activating group) is 1. The summed E-state index contributed by atoms with van der Waals surface area (Å²) in [5.41, 5.74) is 1.04. The fourth-order valence-corrected chi connectivity index (χ4v) is 4.25. The van der Waals surface area contributed by atoms with Gasteiger partial charge in [-0.15, -0.1) is 0 Å². The Balaban J connectivity index is 1.76. The van der Waals surface area contributed by atoms with Gasteiger partial charge in [0.25, 0.3) is 0 Å². The van der Waals surface area contributed by atoms with Crippen molar-refractivity contribution in [3.05, 3.63) is 35.9 Å². The largest absolute Gasteiger partial charge is 0.391 e. The highest BCUT2D eigenvalue weighted by Gasteiger charge is 2.42. The molecule has 0 bridgehead atoms. The van der Waals surface area contributed by atoms with E-state index in [0.717, 1.165) is 45.4 Å². The molecule has 1 aromatic carbocycles. The first-order chi connectivity index (χ1) is 12.0. The Kier molecular flexibility index (Phi) is 5.77. The molecule has 2 heterocycles. The van der Waals surface area contributed by atoms with E-state index in [4.69, 9.17) is 0 Å². The minimum Gasteiger partial charge on any atom is -0.391 e. The average molecular weight is 345 g/mol. The molecule has 5 nitrogen and oxygen atoms in total. The van der Waals surface area contributed by atoms with Gasteiger partial charge in [-0.05, 0) is 44.8 Å². The number of benzene rings is 1. The van der Waals surface area contributed by atoms with Crippen molar-refractivity contribution < 1.29 is 9.90 Å². The van der Waals surface area contributed by atoms with Gasteiger partial charge < -0.3 is 15.3 Å². The Morgan fingerprint density at radius 2 is 1.92 bits per heavy atom. The molecule has 0 saturated carbocycles. The minimum atomic E-state index is -0.556. The zero-order valence-electron chi connectivity index (χ0n) is 15.4. The van der Waals surface area contributed by atoms with Crippen LogP contribution in [0.5, 0.6) is 0 Å². The van der Waals surface area contributed by atoms with Gasteiger partial charge in [-0.1, -0.05) is 37.3 Å². The number of rotatable bonds is 5. The molecule has 2 fully saturated rings. The monoisotopic (exact) mass is 345 g/mol. The lowest BCUT2D eigenvalue weighted by Crippen LogP contribution is -2.60. The normalized spacial score (nSPS) is 27.3. The number of amides is 1. The lowest BCUT2D eigenvalue weighted by molar-refractivity contribution is -0.130. The summed E-state index contributed by atoms with van der Waals surface area (Å²) in [5, 5.41) is 13.7. The van der Waals surface area contributed by atoms with E-state index in [-0.39, 0.29) is 11.4 Å². The summed E-state index contributed by atoms with van der Waals surface area (Å²) in [7, 11) is 2.13. The highest BCUT2D eigenvalue weighted by Crippen LogP contribution is 2.28. The Labute approximate surface area is 151 Å². The predicted octanol–water partition coefficient (Wildman–Crippen LogP) is 1.26. The van der Waals surface area contributed by atoms with Crippen LogP contribution >= 0.6 is 0 Å². The van der Waals surface area contributed by atoms with E-state index in [1.54, 1.807) is 0 Å². The molecule has 2 atom stereocenters. The van der Waals surface area contributed by atoms with Gasteiger partial charge in [0.2, 0.25) is 5.91 Å². The Morgan fingerprint density at radius 3 is 2.56 bits per heavy atom. The van der Waals surface area contributed by atoms with Crippen LogP contribution in [0.1, 0.15) is 31.7 Å². The topological polar surface area (TPSA) is 55.8 Å². The second-order valence-electron chi connectivity index (χ2n) is 7.66. The number of hydrogen-bond donors (Lipinski definition) is 2. The number of piperidine rings is 1. The van der Waals surface area contributed by atoms with Gasteiger partial charge in [0.15, 0.2) is 0 Å². The molecule has 1 amide bonds. The van der Waals surface area contributed by atoms with Crippen molar-refractivity contribution in [1.29, 1.82) is 0 Å². The highest BCUT2D eigenvalue weighted by molar-refractivity contribution is 5.83. The Hall–Kier alpha value is -1.43. The first-order valence-corrected chi connectivity index (χ1v) is 9.49. The van der Waals surface area contributed by atoms with E-state index < -0.39 is 12.1 Å². The van der Waals surface area contributed by atoms with Crippen LogP contribution < -0.4 is 5.32 Å². The van der Waals surface area contributed by atoms with Crippen molar-refractivity contribution in [3.8, 4) is 0 Å². The highest BCUT2D eigenvalue weighted by atomic mass is 16.3. The zero-order chi connectivity index (χ0) is 17.9. The van der Waals surface area contributed by atoms with Gasteiger partial charge in [-0.3, -0.25) is 9.69 Å². The van der Waals surface area contributed by atoms with E-state index in [9.17, 15) is 9.90 Å². The standard InChI is InChI=1S/C20H31N3O2/c1-3-23-12-9-17(24)18(23)19(25)21-20(10-13-22(2)14-11-20)15-16-7-5-4-6-8-16/h4-8,17-18,24H,3,9-15H2,1-2H3,(H,21,25). The van der Waals surface area contributed by atoms with Crippen LogP contribution in [-0.4, -0.2) is 71.7 Å². The van der Waals surface area contributed by atoms with Crippen molar-refractivity contribution in [2.75, 3.05) is 33.2 Å². The van der Waals surface area contributed by atoms with E-state index in [1.165, 1.54) is 5.56 Å². The molecular formula is C20H31N3O2. The number of carbonyl (C=O) groups is 1. The number of aliphatic hydroxyl groups excluding tert-OH is 1. The quantitative estimate of drug-likeness (QED) is 0.844. The Morgan fingerprint density at radius 1 is 1.24 bits per heavy atom. The minimum absolute atomic E-state index is 0.00710. The first kappa shape index (κ1) is 18.4. The molecule has 2 aliphatic rings. The van der Waals surface area contributed by atoms with Gasteiger partial charge in [-0.2, -0.15) is 0 Å². The zero-order valence-corrected chi connectivity index (χ0v) is 15.4. The molecule has 2 N–H and O–H groups in total. The van der Waals surface area contributed by atoms with E-state index in [1.807, 2.05) is 13.0 Å². The van der Waals surface area contributed by atoms with Crippen LogP contribution in [-0.2, 0) is 11.2 Å². The molecule has 0 radical (unpaired) electrons. The molecule has 2 aliphatic heterocycles. The maximum Gasteiger partial charge on any atom is 0.240 e. The molecule has 2 unspecified atom stereocenters. The first-order valence-electron chi connectivity index (χ1n) is 9.49. The predicted molar refractivity (Wildman–Crippen MR) is 99.4 cm³/mol. The molecule has 0 aromatic heterocycles. The van der Waals surface area contributed by atoms with Gasteiger partial charge in [-0.25, -0.2) is 0 Å². The number of hydrogen-bond acceptors (Lipinski definition) is 4. The smallest absolute Gasteiger partial charge is 0.240 e. The van der Waals surface area contributed by atoms with Crippen LogP contribution in [0.2, 0.25) is 0 Å². The van der Waals surface area contributed by atoms with Crippen LogP contribution in [0.15, 0.2) is 30.3 Å². The third kappa shape index (κ3) is 4.22. The van der Waals surface area contributed by atoms with Crippen molar-refractivity contribution in [1.82, 2.24) is 15.1 Å². The summed E-state index contributed by atoms with van der Waals surface area (Å²) in [5.74, 6) is -0.00710. The number of aliphatic hydroxyl groups is 1. The van der Waals surface area contributed by atoms with E-state index >= 15 is 0 Å². The summed E-state index contributed by atoms with van der Waals surface area (Å²) >= 11 is 0. The van der Waals surface area contributed by atoms with Gasteiger partial charge in [0.05, 0.1) is 6.10 Å². The van der Waals surface area contributed by atoms with E-state index in [0.29, 0.717) is 6.42 Å². The summed E-state index contributed by atoms with van der Waals surface area (Å²) < 4.78 is 0. The van der Waals surface area contributed by atoms with Crippen LogP contribution in [0, 0.1) is 0 Å². The molecule has 138 valence electrons. The summed E-state index contributed by atoms with van der Waals surface area (Å²) in [4.78, 5) is 17.4. The van der Waals surface area contributed by atoms with Gasteiger partial charge >= 0.3 is 0 Å². The van der Waals surface area contributed by atoms with Crippen molar-refractivity contribution in [3.63, 3.8) is 0 Å². The van der Waals surface area contributed by atoms with Crippen molar-refractivity contribution in [2.45, 2.75) is 50.3 Å². The van der Waals surface area contributed by atoms with Gasteiger partial charge in [0.1, 0.15) is 6.04 Å². The fourth-order valence-electron chi connectivity index (χ4n) is 4.25.